The van der Waals surface area contributed by atoms with Gasteiger partial charge in [-0.05, 0) is 59.6 Å². The van der Waals surface area contributed by atoms with E-state index in [1.54, 1.807) is 13.0 Å². The number of halogens is 2. The molecule has 2 atom stereocenters. The van der Waals surface area contributed by atoms with Gasteiger partial charge in [-0.3, -0.25) is 4.90 Å². The molecule has 0 saturated carbocycles. The summed E-state index contributed by atoms with van der Waals surface area (Å²) in [6, 6.07) is 4.39. The van der Waals surface area contributed by atoms with Crippen molar-refractivity contribution in [3.8, 4) is 5.75 Å². The van der Waals surface area contributed by atoms with Crippen molar-refractivity contribution in [1.82, 2.24) is 4.90 Å². The molecule has 24 heavy (non-hydrogen) atoms. The van der Waals surface area contributed by atoms with Crippen LogP contribution in [0.25, 0.3) is 0 Å². The van der Waals surface area contributed by atoms with E-state index < -0.39 is 18.1 Å². The van der Waals surface area contributed by atoms with Crippen LogP contribution in [0.5, 0.6) is 5.75 Å². The third-order valence-corrected chi connectivity index (χ3v) is 4.95. The van der Waals surface area contributed by atoms with Crippen LogP contribution in [0.2, 0.25) is 5.02 Å². The first-order valence-corrected chi connectivity index (χ1v) is 8.67. The fourth-order valence-electron chi connectivity index (χ4n) is 4.12. The van der Waals surface area contributed by atoms with E-state index in [4.69, 9.17) is 22.1 Å². The third-order valence-electron chi connectivity index (χ3n) is 4.64. The normalized spacial score (nSPS) is 23.7. The van der Waals surface area contributed by atoms with Gasteiger partial charge in [0.15, 0.2) is 6.23 Å². The molecule has 4 nitrogen and oxygen atoms in total. The molecule has 0 amide bonds. The summed E-state index contributed by atoms with van der Waals surface area (Å²) in [5, 5.41) is 10.4. The lowest BCUT2D eigenvalue weighted by Crippen LogP contribution is -2.69. The van der Waals surface area contributed by atoms with Gasteiger partial charge in [0.1, 0.15) is 17.7 Å². The van der Waals surface area contributed by atoms with Gasteiger partial charge in [-0.2, -0.15) is 0 Å². The number of piperidine rings is 1. The molecule has 1 aromatic carbocycles. The first-order chi connectivity index (χ1) is 10.9. The summed E-state index contributed by atoms with van der Waals surface area (Å²) in [5.74, 6) is -0.207. The first-order valence-electron chi connectivity index (χ1n) is 8.29. The molecule has 1 aliphatic heterocycles. The van der Waals surface area contributed by atoms with Crippen molar-refractivity contribution in [2.24, 2.45) is 5.73 Å². The molecule has 0 bridgehead atoms. The Bertz CT molecular complexity index is 574. The minimum atomic E-state index is -0.767. The monoisotopic (exact) mass is 358 g/mol. The number of aliphatic hydroxyl groups is 1. The highest BCUT2D eigenvalue weighted by molar-refractivity contribution is 6.30. The van der Waals surface area contributed by atoms with E-state index in [9.17, 15) is 9.50 Å². The maximum Gasteiger partial charge on any atom is 0.179 e. The number of benzene rings is 1. The molecule has 2 unspecified atom stereocenters. The molecule has 136 valence electrons. The number of nitrogens with two attached hydrogens (primary N) is 1. The smallest absolute Gasteiger partial charge is 0.179 e. The van der Waals surface area contributed by atoms with Crippen LogP contribution in [-0.2, 0) is 0 Å². The third kappa shape index (κ3) is 4.02. The van der Waals surface area contributed by atoms with Crippen molar-refractivity contribution in [3.63, 3.8) is 0 Å². The number of rotatable bonds is 4. The van der Waals surface area contributed by atoms with Gasteiger partial charge in [-0.1, -0.05) is 11.6 Å². The highest BCUT2D eigenvalue weighted by Crippen LogP contribution is 2.40. The molecule has 1 aliphatic rings. The molecule has 1 aromatic rings. The van der Waals surface area contributed by atoms with E-state index in [1.165, 1.54) is 12.1 Å². The van der Waals surface area contributed by atoms with Crippen LogP contribution in [0.3, 0.4) is 0 Å². The molecule has 0 radical (unpaired) electrons. The van der Waals surface area contributed by atoms with Crippen molar-refractivity contribution < 1.29 is 14.2 Å². The molecule has 3 N–H and O–H groups in total. The van der Waals surface area contributed by atoms with Gasteiger partial charge in [0.25, 0.3) is 0 Å². The maximum atomic E-state index is 13.7. The Morgan fingerprint density at radius 2 is 1.83 bits per heavy atom. The van der Waals surface area contributed by atoms with Crippen LogP contribution in [0.1, 0.15) is 47.5 Å². The Morgan fingerprint density at radius 1 is 1.29 bits per heavy atom. The Morgan fingerprint density at radius 3 is 2.29 bits per heavy atom. The van der Waals surface area contributed by atoms with Crippen LogP contribution in [-0.4, -0.2) is 39.5 Å². The molecular weight excluding hydrogens is 331 g/mol. The van der Waals surface area contributed by atoms with E-state index in [0.29, 0.717) is 5.75 Å². The number of ether oxygens (including phenoxy) is 1. The zero-order chi connectivity index (χ0) is 18.3. The average molecular weight is 359 g/mol. The topological polar surface area (TPSA) is 58.7 Å². The molecule has 0 aliphatic carbocycles. The van der Waals surface area contributed by atoms with Gasteiger partial charge in [0.05, 0.1) is 5.02 Å². The van der Waals surface area contributed by atoms with Crippen molar-refractivity contribution >= 4 is 11.6 Å². The van der Waals surface area contributed by atoms with Crippen molar-refractivity contribution in [1.29, 1.82) is 0 Å². The quantitative estimate of drug-likeness (QED) is 0.864. The first kappa shape index (κ1) is 19.4. The standard InChI is InChI=1S/C18H28ClFN2O2/c1-11(23)16(24-13-6-7-14(19)15(20)8-13)22-17(2,3)9-12(21)10-18(22,4)5/h6-8,11-12,16,23H,9-10,21H2,1-5H3. The largest absolute Gasteiger partial charge is 0.472 e. The van der Waals surface area contributed by atoms with Crippen molar-refractivity contribution in [2.75, 3.05) is 0 Å². The van der Waals surface area contributed by atoms with E-state index in [2.05, 4.69) is 32.6 Å². The lowest BCUT2D eigenvalue weighted by molar-refractivity contribution is -0.166. The second-order valence-electron chi connectivity index (χ2n) is 7.99. The van der Waals surface area contributed by atoms with Crippen LogP contribution < -0.4 is 10.5 Å². The predicted octanol–water partition coefficient (Wildman–Crippen LogP) is 3.55. The summed E-state index contributed by atoms with van der Waals surface area (Å²) < 4.78 is 19.7. The average Bonchev–Trinajstić information content (AvgIpc) is 2.38. The molecule has 2 rings (SSSR count). The zero-order valence-electron chi connectivity index (χ0n) is 15.0. The van der Waals surface area contributed by atoms with E-state index >= 15 is 0 Å². The fourth-order valence-corrected chi connectivity index (χ4v) is 4.23. The van der Waals surface area contributed by atoms with E-state index in [1.807, 2.05) is 0 Å². The summed E-state index contributed by atoms with van der Waals surface area (Å²) in [5.41, 5.74) is 5.68. The molecule has 6 heteroatoms. The Kier molecular flexibility index (Phi) is 5.50. The summed E-state index contributed by atoms with van der Waals surface area (Å²) in [6.45, 7) is 10.0. The summed E-state index contributed by atoms with van der Waals surface area (Å²) >= 11 is 5.73. The molecular formula is C18H28ClFN2O2. The van der Waals surface area contributed by atoms with Gasteiger partial charge in [0.2, 0.25) is 0 Å². The predicted molar refractivity (Wildman–Crippen MR) is 94.7 cm³/mol. The lowest BCUT2D eigenvalue weighted by Gasteiger charge is -2.57. The Hall–Kier alpha value is -0.880. The zero-order valence-corrected chi connectivity index (χ0v) is 15.8. The van der Waals surface area contributed by atoms with Gasteiger partial charge < -0.3 is 15.6 Å². The van der Waals surface area contributed by atoms with Crippen molar-refractivity contribution in [2.45, 2.75) is 76.9 Å². The van der Waals surface area contributed by atoms with Crippen LogP contribution in [0.15, 0.2) is 18.2 Å². The molecule has 1 saturated heterocycles. The van der Waals surface area contributed by atoms with E-state index in [-0.39, 0.29) is 22.1 Å². The molecule has 1 fully saturated rings. The van der Waals surface area contributed by atoms with Gasteiger partial charge in [0, 0.05) is 23.2 Å². The highest BCUT2D eigenvalue weighted by Gasteiger charge is 2.49. The highest BCUT2D eigenvalue weighted by atomic mass is 35.5. The summed E-state index contributed by atoms with van der Waals surface area (Å²) in [6.07, 6.45) is 0.190. The second-order valence-corrected chi connectivity index (χ2v) is 8.40. The summed E-state index contributed by atoms with van der Waals surface area (Å²) in [7, 11) is 0. The second kappa shape index (κ2) is 6.79. The number of nitrogens with zero attached hydrogens (tertiary/aromatic N) is 1. The number of aliphatic hydroxyl groups excluding tert-OH is 1. The number of likely N-dealkylation sites (tertiary alicyclic amines) is 1. The molecule has 1 heterocycles. The number of hydrogen-bond acceptors (Lipinski definition) is 4. The molecule has 0 aromatic heterocycles. The van der Waals surface area contributed by atoms with Crippen LogP contribution >= 0.6 is 11.6 Å². The Balaban J connectivity index is 2.36. The van der Waals surface area contributed by atoms with Crippen LogP contribution in [0.4, 0.5) is 4.39 Å². The molecule has 0 spiro atoms. The van der Waals surface area contributed by atoms with Crippen molar-refractivity contribution in [3.05, 3.63) is 29.0 Å². The van der Waals surface area contributed by atoms with Gasteiger partial charge in [-0.25, -0.2) is 4.39 Å². The van der Waals surface area contributed by atoms with Gasteiger partial charge in [-0.15, -0.1) is 0 Å². The Labute approximate surface area is 148 Å². The lowest BCUT2D eigenvalue weighted by atomic mass is 9.76. The van der Waals surface area contributed by atoms with E-state index in [0.717, 1.165) is 12.8 Å². The van der Waals surface area contributed by atoms with Gasteiger partial charge >= 0.3 is 0 Å². The minimum Gasteiger partial charge on any atom is -0.472 e. The van der Waals surface area contributed by atoms with Crippen LogP contribution in [0, 0.1) is 5.82 Å². The summed E-state index contributed by atoms with van der Waals surface area (Å²) in [4.78, 5) is 2.15. The fraction of sp³-hybridized carbons (Fsp3) is 0.667. The minimum absolute atomic E-state index is 0.0422. The number of hydrogen-bond donors (Lipinski definition) is 2. The SMILES string of the molecule is CC(O)C(Oc1ccc(Cl)c(F)c1)N1C(C)(C)CC(N)CC1(C)C. The maximum absolute atomic E-state index is 13.7.